The Kier molecular flexibility index (Phi) is 2.54. The fourth-order valence-corrected chi connectivity index (χ4v) is 1.76. The second-order valence-electron chi connectivity index (χ2n) is 4.41. The first-order valence-corrected chi connectivity index (χ1v) is 4.67. The third kappa shape index (κ3) is 1.48. The average Bonchev–Trinajstić information content (AvgIpc) is 2.08. The maximum Gasteiger partial charge on any atom is 0.333 e. The van der Waals surface area contributed by atoms with Crippen LogP contribution in [-0.2, 0) is 4.79 Å². The van der Waals surface area contributed by atoms with Crippen LogP contribution in [-0.4, -0.2) is 17.1 Å². The molecule has 3 nitrogen and oxygen atoms in total. The Hall–Kier alpha value is -1.09. The molecule has 0 saturated heterocycles. The fraction of sp³-hybridized carbons (Fsp3) is 0.545. The highest BCUT2D eigenvalue weighted by Gasteiger charge is 2.37. The summed E-state index contributed by atoms with van der Waals surface area (Å²) in [6.07, 6.45) is 1.67. The van der Waals surface area contributed by atoms with Gasteiger partial charge in [-0.1, -0.05) is 25.0 Å². The van der Waals surface area contributed by atoms with E-state index in [9.17, 15) is 4.79 Å². The number of carboxylic acid groups (broad SMARTS) is 1. The molecule has 1 rings (SSSR count). The molecule has 0 aromatic carbocycles. The van der Waals surface area contributed by atoms with Crippen LogP contribution in [0.4, 0.5) is 0 Å². The van der Waals surface area contributed by atoms with Crippen molar-refractivity contribution in [3.8, 4) is 0 Å². The topological polar surface area (TPSA) is 63.3 Å². The summed E-state index contributed by atoms with van der Waals surface area (Å²) in [5.41, 5.74) is 8.13. The Morgan fingerprint density at radius 2 is 2.00 bits per heavy atom. The summed E-state index contributed by atoms with van der Waals surface area (Å²) in [4.78, 5) is 10.9. The summed E-state index contributed by atoms with van der Waals surface area (Å²) in [6.45, 7) is 7.88. The van der Waals surface area contributed by atoms with Crippen molar-refractivity contribution in [2.45, 2.75) is 33.7 Å². The van der Waals surface area contributed by atoms with Gasteiger partial charge in [-0.2, -0.15) is 0 Å². The molecule has 0 bridgehead atoms. The summed E-state index contributed by atoms with van der Waals surface area (Å²) in [6, 6.07) is -0.427. The Labute approximate surface area is 84.3 Å². The third-order valence-electron chi connectivity index (χ3n) is 3.29. The first kappa shape index (κ1) is 11.0. The molecular weight excluding hydrogens is 178 g/mol. The molecule has 0 saturated carbocycles. The van der Waals surface area contributed by atoms with Gasteiger partial charge in [0.05, 0.1) is 5.57 Å². The molecule has 0 fully saturated rings. The van der Waals surface area contributed by atoms with Crippen molar-refractivity contribution in [3.05, 3.63) is 22.8 Å². The molecule has 1 atom stereocenters. The molecule has 14 heavy (non-hydrogen) atoms. The fourth-order valence-electron chi connectivity index (χ4n) is 1.76. The maximum absolute atomic E-state index is 10.9. The van der Waals surface area contributed by atoms with E-state index in [0.717, 1.165) is 11.1 Å². The van der Waals surface area contributed by atoms with Crippen molar-refractivity contribution in [1.82, 2.24) is 0 Å². The quantitative estimate of drug-likeness (QED) is 0.669. The van der Waals surface area contributed by atoms with Gasteiger partial charge in [0.2, 0.25) is 0 Å². The molecule has 1 unspecified atom stereocenters. The van der Waals surface area contributed by atoms with Crippen LogP contribution in [0.2, 0.25) is 0 Å². The Morgan fingerprint density at radius 3 is 2.43 bits per heavy atom. The normalized spacial score (nSPS) is 26.1. The molecule has 1 aliphatic rings. The van der Waals surface area contributed by atoms with Gasteiger partial charge in [0.1, 0.15) is 0 Å². The number of rotatable bonds is 1. The van der Waals surface area contributed by atoms with Gasteiger partial charge in [0.15, 0.2) is 0 Å². The molecule has 3 heteroatoms. The van der Waals surface area contributed by atoms with Gasteiger partial charge in [-0.3, -0.25) is 0 Å². The van der Waals surface area contributed by atoms with Crippen molar-refractivity contribution >= 4 is 5.97 Å². The zero-order chi connectivity index (χ0) is 11.1. The number of carbonyl (C=O) groups is 1. The predicted molar refractivity (Wildman–Crippen MR) is 55.8 cm³/mol. The van der Waals surface area contributed by atoms with Gasteiger partial charge >= 0.3 is 5.97 Å². The largest absolute Gasteiger partial charge is 0.478 e. The van der Waals surface area contributed by atoms with Gasteiger partial charge in [-0.15, -0.1) is 0 Å². The van der Waals surface area contributed by atoms with Crippen LogP contribution in [0, 0.1) is 5.41 Å². The van der Waals surface area contributed by atoms with E-state index < -0.39 is 12.0 Å². The zero-order valence-electron chi connectivity index (χ0n) is 9.09. The monoisotopic (exact) mass is 195 g/mol. The minimum Gasteiger partial charge on any atom is -0.478 e. The summed E-state index contributed by atoms with van der Waals surface area (Å²) in [5, 5.41) is 8.97. The predicted octanol–water partition coefficient (Wildman–Crippen LogP) is 1.70. The zero-order valence-corrected chi connectivity index (χ0v) is 9.09. The van der Waals surface area contributed by atoms with E-state index in [4.69, 9.17) is 10.8 Å². The second-order valence-corrected chi connectivity index (χ2v) is 4.41. The van der Waals surface area contributed by atoms with Crippen LogP contribution in [0.25, 0.3) is 0 Å². The molecule has 0 radical (unpaired) electrons. The minimum atomic E-state index is -0.919. The van der Waals surface area contributed by atoms with Crippen LogP contribution in [0.5, 0.6) is 0 Å². The third-order valence-corrected chi connectivity index (χ3v) is 3.29. The summed E-state index contributed by atoms with van der Waals surface area (Å²) >= 11 is 0. The Bertz CT molecular complexity index is 337. The highest BCUT2D eigenvalue weighted by molar-refractivity contribution is 5.89. The lowest BCUT2D eigenvalue weighted by molar-refractivity contribution is -0.133. The van der Waals surface area contributed by atoms with Crippen molar-refractivity contribution in [2.75, 3.05) is 0 Å². The second kappa shape index (κ2) is 3.24. The van der Waals surface area contributed by atoms with Gasteiger partial charge < -0.3 is 10.8 Å². The van der Waals surface area contributed by atoms with Gasteiger partial charge in [0, 0.05) is 11.5 Å². The minimum absolute atomic E-state index is 0.271. The highest BCUT2D eigenvalue weighted by Crippen LogP contribution is 2.38. The molecule has 0 heterocycles. The summed E-state index contributed by atoms with van der Waals surface area (Å²) in [5.74, 6) is -0.919. The van der Waals surface area contributed by atoms with Crippen LogP contribution >= 0.6 is 0 Å². The number of hydrogen-bond acceptors (Lipinski definition) is 2. The standard InChI is InChI=1S/C11H17NO2/c1-6-5-8(10(13)14)9(12)11(3,4)7(6)2/h5,9H,12H2,1-4H3,(H,13,14). The maximum atomic E-state index is 10.9. The lowest BCUT2D eigenvalue weighted by Crippen LogP contribution is -2.44. The van der Waals surface area contributed by atoms with Crippen LogP contribution in [0.1, 0.15) is 27.7 Å². The lowest BCUT2D eigenvalue weighted by atomic mass is 9.70. The average molecular weight is 195 g/mol. The SMILES string of the molecule is CC1=C(C)C(C)(C)C(N)C(C(=O)O)=C1. The van der Waals surface area contributed by atoms with E-state index >= 15 is 0 Å². The molecule has 0 spiro atoms. The van der Waals surface area contributed by atoms with E-state index in [0.29, 0.717) is 5.57 Å². The Balaban J connectivity index is 3.27. The van der Waals surface area contributed by atoms with Crippen LogP contribution in [0.15, 0.2) is 22.8 Å². The lowest BCUT2D eigenvalue weighted by Gasteiger charge is -2.37. The molecular formula is C11H17NO2. The number of hydrogen-bond donors (Lipinski definition) is 2. The molecule has 3 N–H and O–H groups in total. The molecule has 78 valence electrons. The highest BCUT2D eigenvalue weighted by atomic mass is 16.4. The molecule has 0 aromatic rings. The van der Waals surface area contributed by atoms with Gasteiger partial charge in [0.25, 0.3) is 0 Å². The first-order chi connectivity index (χ1) is 6.28. The van der Waals surface area contributed by atoms with Crippen molar-refractivity contribution in [3.63, 3.8) is 0 Å². The number of carboxylic acids is 1. The van der Waals surface area contributed by atoms with Crippen molar-refractivity contribution < 1.29 is 9.90 Å². The first-order valence-electron chi connectivity index (χ1n) is 4.67. The van der Waals surface area contributed by atoms with Gasteiger partial charge in [-0.05, 0) is 19.9 Å². The van der Waals surface area contributed by atoms with E-state index in [1.807, 2.05) is 27.7 Å². The van der Waals surface area contributed by atoms with E-state index in [1.165, 1.54) is 0 Å². The molecule has 0 amide bonds. The van der Waals surface area contributed by atoms with E-state index in [1.54, 1.807) is 6.08 Å². The number of nitrogens with two attached hydrogens (primary N) is 1. The number of allylic oxidation sites excluding steroid dienone is 2. The molecule has 1 aliphatic carbocycles. The van der Waals surface area contributed by atoms with Crippen LogP contribution < -0.4 is 5.73 Å². The number of aliphatic carboxylic acids is 1. The summed E-state index contributed by atoms with van der Waals surface area (Å²) < 4.78 is 0. The van der Waals surface area contributed by atoms with Crippen molar-refractivity contribution in [1.29, 1.82) is 0 Å². The molecule has 0 aliphatic heterocycles. The molecule has 0 aromatic heterocycles. The van der Waals surface area contributed by atoms with E-state index in [-0.39, 0.29) is 5.41 Å². The summed E-state index contributed by atoms with van der Waals surface area (Å²) in [7, 11) is 0. The van der Waals surface area contributed by atoms with Crippen molar-refractivity contribution in [2.24, 2.45) is 11.1 Å². The Morgan fingerprint density at radius 1 is 1.50 bits per heavy atom. The van der Waals surface area contributed by atoms with Gasteiger partial charge in [-0.25, -0.2) is 4.79 Å². The smallest absolute Gasteiger partial charge is 0.333 e. The van der Waals surface area contributed by atoms with Crippen LogP contribution in [0.3, 0.4) is 0 Å². The van der Waals surface area contributed by atoms with E-state index in [2.05, 4.69) is 0 Å².